The molecule has 0 saturated heterocycles. The second-order valence-electron chi connectivity index (χ2n) is 6.92. The van der Waals surface area contributed by atoms with Crippen molar-refractivity contribution in [2.24, 2.45) is 15.2 Å². The number of halogens is 1. The molecule has 1 aliphatic rings. The zero-order valence-electron chi connectivity index (χ0n) is 17.4. The Kier molecular flexibility index (Phi) is 7.53. The smallest absolute Gasteiger partial charge is 0.210 e. The highest BCUT2D eigenvalue weighted by Crippen LogP contribution is 2.32. The van der Waals surface area contributed by atoms with Gasteiger partial charge in [0.05, 0.1) is 18.7 Å². The molecule has 0 fully saturated rings. The Morgan fingerprint density at radius 2 is 2.13 bits per heavy atom. The first-order chi connectivity index (χ1) is 14.4. The summed E-state index contributed by atoms with van der Waals surface area (Å²) in [6.07, 6.45) is 3.41. The topological polar surface area (TPSA) is 71.7 Å². The van der Waals surface area contributed by atoms with Crippen molar-refractivity contribution in [2.45, 2.75) is 26.2 Å². The lowest BCUT2D eigenvalue weighted by Gasteiger charge is -2.20. The summed E-state index contributed by atoms with van der Waals surface area (Å²) in [5, 5.41) is 9.06. The molecule has 3 rings (SSSR count). The Hall–Kier alpha value is -2.78. The van der Waals surface area contributed by atoms with Crippen LogP contribution in [0.2, 0.25) is 0 Å². The normalized spacial score (nSPS) is 14.6. The summed E-state index contributed by atoms with van der Waals surface area (Å²) >= 11 is 1.35. The molecule has 7 nitrogen and oxygen atoms in total. The quantitative estimate of drug-likeness (QED) is 0.408. The monoisotopic (exact) mass is 429 g/mol. The molecule has 0 unspecified atom stereocenters. The molecule has 1 aromatic heterocycles. The minimum Gasteiger partial charge on any atom is -0.467 e. The summed E-state index contributed by atoms with van der Waals surface area (Å²) in [4.78, 5) is 10.5. The number of aryl methyl sites for hydroxylation is 1. The van der Waals surface area contributed by atoms with E-state index < -0.39 is 0 Å². The van der Waals surface area contributed by atoms with E-state index in [1.54, 1.807) is 17.4 Å². The Balaban J connectivity index is 1.81. The first-order valence-electron chi connectivity index (χ1n) is 9.33. The number of ether oxygens (including phenoxy) is 2. The first-order valence-corrected chi connectivity index (χ1v) is 10.3. The molecule has 0 spiro atoms. The molecule has 0 N–H and O–H groups in total. The van der Waals surface area contributed by atoms with Gasteiger partial charge in [-0.25, -0.2) is 9.38 Å². The van der Waals surface area contributed by atoms with Crippen molar-refractivity contribution >= 4 is 29.0 Å². The van der Waals surface area contributed by atoms with E-state index in [-0.39, 0.29) is 12.6 Å². The Bertz CT molecular complexity index is 974. The van der Waals surface area contributed by atoms with Gasteiger partial charge in [-0.05, 0) is 38.1 Å². The number of amidine groups is 1. The van der Waals surface area contributed by atoms with E-state index in [1.165, 1.54) is 23.9 Å². The maximum absolute atomic E-state index is 14.0. The van der Waals surface area contributed by atoms with Gasteiger partial charge in [-0.3, -0.25) is 4.98 Å². The van der Waals surface area contributed by atoms with Crippen LogP contribution in [0, 0.1) is 12.7 Å². The van der Waals surface area contributed by atoms with Gasteiger partial charge in [-0.15, -0.1) is 5.10 Å². The van der Waals surface area contributed by atoms with E-state index in [9.17, 15) is 4.39 Å². The molecule has 2 heterocycles. The van der Waals surface area contributed by atoms with Crippen LogP contribution in [-0.4, -0.2) is 48.0 Å². The van der Waals surface area contributed by atoms with E-state index >= 15 is 0 Å². The molecule has 0 saturated carbocycles. The van der Waals surface area contributed by atoms with Crippen LogP contribution in [0.15, 0.2) is 45.7 Å². The maximum atomic E-state index is 14.0. The number of aromatic nitrogens is 1. The number of thioether (sulfide) groups is 1. The van der Waals surface area contributed by atoms with Crippen LogP contribution in [0.4, 0.5) is 4.39 Å². The summed E-state index contributed by atoms with van der Waals surface area (Å²) < 4.78 is 24.8. The molecule has 0 radical (unpaired) electrons. The summed E-state index contributed by atoms with van der Waals surface area (Å²) in [6.45, 7) is 4.29. The molecule has 2 aromatic rings. The van der Waals surface area contributed by atoms with E-state index in [4.69, 9.17) is 9.47 Å². The maximum Gasteiger partial charge on any atom is 0.210 e. The molecular formula is C21H24FN5O2S. The van der Waals surface area contributed by atoms with Crippen LogP contribution in [0.1, 0.15) is 29.3 Å². The minimum absolute atomic E-state index is 0.157. The molecule has 0 amide bonds. The van der Waals surface area contributed by atoms with Gasteiger partial charge >= 0.3 is 0 Å². The second-order valence-corrected chi connectivity index (χ2v) is 7.86. The lowest BCUT2D eigenvalue weighted by atomic mass is 10.1. The number of nitrogens with zero attached hydrogens (tertiary/aromatic N) is 5. The van der Waals surface area contributed by atoms with Gasteiger partial charge in [0, 0.05) is 48.4 Å². The zero-order chi connectivity index (χ0) is 21.5. The second kappa shape index (κ2) is 10.3. The van der Waals surface area contributed by atoms with Crippen molar-refractivity contribution in [1.29, 1.82) is 0 Å². The third kappa shape index (κ3) is 6.11. The Morgan fingerprint density at radius 1 is 1.30 bits per heavy atom. The van der Waals surface area contributed by atoms with Crippen molar-refractivity contribution in [3.05, 3.63) is 58.7 Å². The van der Waals surface area contributed by atoms with Crippen LogP contribution in [-0.2, 0) is 17.1 Å². The number of hydrogen-bond acceptors (Lipinski definition) is 6. The number of aliphatic imine (C=N–C) groups is 1. The van der Waals surface area contributed by atoms with E-state index in [1.807, 2.05) is 40.1 Å². The average Bonchev–Trinajstić information content (AvgIpc) is 2.73. The lowest BCUT2D eigenvalue weighted by molar-refractivity contribution is -0.0171. The van der Waals surface area contributed by atoms with Gasteiger partial charge in [0.2, 0.25) is 5.17 Å². The van der Waals surface area contributed by atoms with Crippen molar-refractivity contribution in [3.8, 4) is 5.75 Å². The van der Waals surface area contributed by atoms with Crippen LogP contribution in [0.3, 0.4) is 0 Å². The summed E-state index contributed by atoms with van der Waals surface area (Å²) in [5.41, 5.74) is 3.98. The van der Waals surface area contributed by atoms with Crippen LogP contribution in [0.5, 0.6) is 5.75 Å². The number of rotatable bonds is 5. The highest BCUT2D eigenvalue weighted by atomic mass is 32.2. The standard InChI is InChI=1S/C21H24FN5O2S/c1-14-5-6-16(9-23-14)15(2)25-26-21(24-12-27(3)4)30-11-18-8-19(22)7-17-10-28-13-29-20(17)18/h5-9,12H,10-11,13H2,1-4H3/b24-12+,25-15-,26-21-. The first kappa shape index (κ1) is 21.9. The number of hydrogen-bond donors (Lipinski definition) is 0. The van der Waals surface area contributed by atoms with Crippen molar-refractivity contribution in [2.75, 3.05) is 20.9 Å². The molecule has 1 aliphatic heterocycles. The van der Waals surface area contributed by atoms with E-state index in [0.717, 1.165) is 22.5 Å². The van der Waals surface area contributed by atoms with Crippen molar-refractivity contribution < 1.29 is 13.9 Å². The van der Waals surface area contributed by atoms with Gasteiger partial charge < -0.3 is 14.4 Å². The molecule has 30 heavy (non-hydrogen) atoms. The van der Waals surface area contributed by atoms with Crippen molar-refractivity contribution in [1.82, 2.24) is 9.88 Å². The predicted octanol–water partition coefficient (Wildman–Crippen LogP) is 4.00. The number of fused-ring (bicyclic) bond motifs is 1. The number of benzene rings is 1. The Morgan fingerprint density at radius 3 is 2.87 bits per heavy atom. The van der Waals surface area contributed by atoms with Gasteiger partial charge in [-0.2, -0.15) is 5.10 Å². The van der Waals surface area contributed by atoms with E-state index in [2.05, 4.69) is 20.2 Å². The molecule has 0 atom stereocenters. The zero-order valence-corrected chi connectivity index (χ0v) is 18.2. The number of pyridine rings is 1. The van der Waals surface area contributed by atoms with Crippen LogP contribution in [0.25, 0.3) is 0 Å². The van der Waals surface area contributed by atoms with E-state index in [0.29, 0.717) is 28.8 Å². The van der Waals surface area contributed by atoms with Gasteiger partial charge in [0.15, 0.2) is 6.79 Å². The average molecular weight is 430 g/mol. The Labute approximate surface area is 179 Å². The molecule has 158 valence electrons. The highest BCUT2D eigenvalue weighted by Gasteiger charge is 2.17. The fourth-order valence-electron chi connectivity index (χ4n) is 2.62. The molecule has 0 aliphatic carbocycles. The van der Waals surface area contributed by atoms with Crippen LogP contribution < -0.4 is 4.74 Å². The fraction of sp³-hybridized carbons (Fsp3) is 0.333. The molecule has 0 bridgehead atoms. The largest absolute Gasteiger partial charge is 0.467 e. The van der Waals surface area contributed by atoms with Crippen molar-refractivity contribution in [3.63, 3.8) is 0 Å². The summed E-state index contributed by atoms with van der Waals surface area (Å²) in [6, 6.07) is 6.78. The lowest BCUT2D eigenvalue weighted by Crippen LogP contribution is -2.13. The SMILES string of the molecule is C/C(=N/N=C(/N=C/N(C)C)SCc1cc(F)cc2c1OCOC2)c1ccc(C)nc1. The molecule has 9 heteroatoms. The molecule has 1 aromatic carbocycles. The third-order valence-electron chi connectivity index (χ3n) is 4.12. The van der Waals surface area contributed by atoms with Gasteiger partial charge in [-0.1, -0.05) is 11.8 Å². The summed E-state index contributed by atoms with van der Waals surface area (Å²) in [5.74, 6) is 0.774. The van der Waals surface area contributed by atoms with Crippen LogP contribution >= 0.6 is 11.8 Å². The van der Waals surface area contributed by atoms with Gasteiger partial charge in [0.25, 0.3) is 0 Å². The molecular weight excluding hydrogens is 405 g/mol. The minimum atomic E-state index is -0.325. The predicted molar refractivity (Wildman–Crippen MR) is 119 cm³/mol. The summed E-state index contributed by atoms with van der Waals surface area (Å²) in [7, 11) is 3.74. The highest BCUT2D eigenvalue weighted by molar-refractivity contribution is 8.13. The fourth-order valence-corrected chi connectivity index (χ4v) is 3.34. The third-order valence-corrected chi connectivity index (χ3v) is 5.02. The van der Waals surface area contributed by atoms with Gasteiger partial charge in [0.1, 0.15) is 11.6 Å².